The molecule has 0 aliphatic rings. The minimum atomic E-state index is -2.64. The SMILES string of the molecule is COC(=O)/C=C/c1ccc(O[Si](c2ccccc2)(c2ccccc2)C(C)(C)C)cc1. The third-order valence-electron chi connectivity index (χ3n) is 5.18. The molecule has 0 saturated carbocycles. The summed E-state index contributed by atoms with van der Waals surface area (Å²) in [6.07, 6.45) is 3.15. The summed E-state index contributed by atoms with van der Waals surface area (Å²) < 4.78 is 11.6. The van der Waals surface area contributed by atoms with Gasteiger partial charge in [0.05, 0.1) is 7.11 Å². The maximum atomic E-state index is 11.3. The summed E-state index contributed by atoms with van der Waals surface area (Å²) in [5.41, 5.74) is 0.912. The Hall–Kier alpha value is -3.11. The molecule has 0 N–H and O–H groups in total. The van der Waals surface area contributed by atoms with Gasteiger partial charge in [-0.15, -0.1) is 0 Å². The summed E-state index contributed by atoms with van der Waals surface area (Å²) in [7, 11) is -1.27. The summed E-state index contributed by atoms with van der Waals surface area (Å²) in [4.78, 5) is 11.3. The predicted octanol–water partition coefficient (Wildman–Crippen LogP) is 4.81. The molecule has 0 radical (unpaired) electrons. The second-order valence-corrected chi connectivity index (χ2v) is 12.4. The number of methoxy groups -OCH3 is 1. The largest absolute Gasteiger partial charge is 0.534 e. The van der Waals surface area contributed by atoms with E-state index in [1.54, 1.807) is 6.08 Å². The maximum absolute atomic E-state index is 11.3. The van der Waals surface area contributed by atoms with Crippen molar-refractivity contribution in [1.82, 2.24) is 0 Å². The molecule has 0 amide bonds. The van der Waals surface area contributed by atoms with E-state index in [2.05, 4.69) is 74.0 Å². The number of hydrogen-bond acceptors (Lipinski definition) is 3. The van der Waals surface area contributed by atoms with Crippen LogP contribution in [0.25, 0.3) is 6.08 Å². The van der Waals surface area contributed by atoms with E-state index in [0.29, 0.717) is 0 Å². The molecule has 0 heterocycles. The zero-order chi connectivity index (χ0) is 21.6. The molecule has 3 aromatic carbocycles. The Morgan fingerprint density at radius 2 is 1.30 bits per heavy atom. The third-order valence-corrected chi connectivity index (χ3v) is 10.1. The van der Waals surface area contributed by atoms with Gasteiger partial charge in [-0.2, -0.15) is 0 Å². The first-order valence-electron chi connectivity index (χ1n) is 10.0. The molecule has 0 unspecified atom stereocenters. The maximum Gasteiger partial charge on any atom is 0.330 e. The molecule has 0 saturated heterocycles. The quantitative estimate of drug-likeness (QED) is 0.329. The average molecular weight is 417 g/mol. The predicted molar refractivity (Wildman–Crippen MR) is 126 cm³/mol. The fourth-order valence-electron chi connectivity index (χ4n) is 3.71. The van der Waals surface area contributed by atoms with Crippen molar-refractivity contribution in [3.05, 3.63) is 96.6 Å². The Balaban J connectivity index is 2.06. The van der Waals surface area contributed by atoms with Gasteiger partial charge in [-0.25, -0.2) is 4.79 Å². The molecule has 30 heavy (non-hydrogen) atoms. The number of rotatable bonds is 6. The highest BCUT2D eigenvalue weighted by Crippen LogP contribution is 2.37. The molecule has 0 atom stereocenters. The van der Waals surface area contributed by atoms with Crippen LogP contribution in [0.15, 0.2) is 91.0 Å². The number of carbonyl (C=O) groups excluding carboxylic acids is 1. The minimum Gasteiger partial charge on any atom is -0.534 e. The molecule has 0 fully saturated rings. The molecule has 0 aliphatic heterocycles. The number of ether oxygens (including phenoxy) is 1. The van der Waals surface area contributed by atoms with E-state index in [-0.39, 0.29) is 11.0 Å². The van der Waals surface area contributed by atoms with Crippen molar-refractivity contribution in [3.8, 4) is 5.75 Å². The molecule has 0 aliphatic carbocycles. The van der Waals surface area contributed by atoms with Crippen LogP contribution in [0.1, 0.15) is 26.3 Å². The molecule has 3 nitrogen and oxygen atoms in total. The van der Waals surface area contributed by atoms with E-state index in [0.717, 1.165) is 11.3 Å². The van der Waals surface area contributed by atoms with E-state index in [9.17, 15) is 4.79 Å². The van der Waals surface area contributed by atoms with Gasteiger partial charge in [-0.05, 0) is 39.2 Å². The van der Waals surface area contributed by atoms with Crippen LogP contribution in [-0.2, 0) is 9.53 Å². The van der Waals surface area contributed by atoms with Crippen LogP contribution in [0.4, 0.5) is 0 Å². The summed E-state index contributed by atoms with van der Waals surface area (Å²) >= 11 is 0. The van der Waals surface area contributed by atoms with Gasteiger partial charge in [0.15, 0.2) is 0 Å². The second-order valence-electron chi connectivity index (χ2n) is 8.19. The lowest BCUT2D eigenvalue weighted by molar-refractivity contribution is -0.134. The Kier molecular flexibility index (Phi) is 6.58. The Morgan fingerprint density at radius 3 is 1.73 bits per heavy atom. The van der Waals surface area contributed by atoms with Gasteiger partial charge in [0.25, 0.3) is 0 Å². The highest BCUT2D eigenvalue weighted by atomic mass is 28.4. The second kappa shape index (κ2) is 9.14. The number of esters is 1. The molecule has 3 aromatic rings. The van der Waals surface area contributed by atoms with Gasteiger partial charge in [0, 0.05) is 6.08 Å². The zero-order valence-electron chi connectivity index (χ0n) is 18.0. The van der Waals surface area contributed by atoms with Crippen LogP contribution in [0.5, 0.6) is 5.75 Å². The molecule has 3 rings (SSSR count). The van der Waals surface area contributed by atoms with Crippen molar-refractivity contribution in [3.63, 3.8) is 0 Å². The first-order chi connectivity index (χ1) is 14.4. The standard InChI is InChI=1S/C26H28O3Si/c1-26(2,3)30(23-11-7-5-8-12-23,24-13-9-6-10-14-24)29-22-18-15-21(16-19-22)17-20-25(27)28-4/h5-20H,1-4H3/b20-17+. The van der Waals surface area contributed by atoms with Crippen LogP contribution in [0, 0.1) is 0 Å². The number of carbonyl (C=O) groups is 1. The molecule has 4 heteroatoms. The smallest absolute Gasteiger partial charge is 0.330 e. The van der Waals surface area contributed by atoms with Gasteiger partial charge < -0.3 is 9.16 Å². The summed E-state index contributed by atoms with van der Waals surface area (Å²) in [6.45, 7) is 6.77. The van der Waals surface area contributed by atoms with Gasteiger partial charge in [-0.3, -0.25) is 0 Å². The van der Waals surface area contributed by atoms with Crippen LogP contribution in [0.2, 0.25) is 5.04 Å². The van der Waals surface area contributed by atoms with Crippen molar-refractivity contribution < 1.29 is 14.0 Å². The first kappa shape index (κ1) is 21.6. The van der Waals surface area contributed by atoms with Crippen molar-refractivity contribution in [2.45, 2.75) is 25.8 Å². The number of benzene rings is 3. The molecule has 154 valence electrons. The zero-order valence-corrected chi connectivity index (χ0v) is 19.0. The van der Waals surface area contributed by atoms with Crippen molar-refractivity contribution in [2.75, 3.05) is 7.11 Å². The monoisotopic (exact) mass is 416 g/mol. The van der Waals surface area contributed by atoms with Crippen molar-refractivity contribution >= 4 is 30.7 Å². The number of hydrogen-bond donors (Lipinski definition) is 0. The van der Waals surface area contributed by atoms with Gasteiger partial charge in [-0.1, -0.05) is 93.6 Å². The lowest BCUT2D eigenvalue weighted by Crippen LogP contribution is -2.68. The summed E-state index contributed by atoms with van der Waals surface area (Å²) in [5.74, 6) is 0.446. The minimum absolute atomic E-state index is 0.0981. The average Bonchev–Trinajstić information content (AvgIpc) is 2.77. The van der Waals surface area contributed by atoms with Gasteiger partial charge in [0.1, 0.15) is 5.75 Å². The Morgan fingerprint density at radius 1 is 0.800 bits per heavy atom. The van der Waals surface area contributed by atoms with Gasteiger partial charge >= 0.3 is 14.3 Å². The van der Waals surface area contributed by atoms with Gasteiger partial charge in [0.2, 0.25) is 0 Å². The van der Waals surface area contributed by atoms with Crippen molar-refractivity contribution in [1.29, 1.82) is 0 Å². The van der Waals surface area contributed by atoms with Crippen LogP contribution in [0.3, 0.4) is 0 Å². The summed E-state index contributed by atoms with van der Waals surface area (Å²) in [5, 5.41) is 2.37. The first-order valence-corrected chi connectivity index (χ1v) is 11.9. The van der Waals surface area contributed by atoms with Crippen molar-refractivity contribution in [2.24, 2.45) is 0 Å². The molecule has 0 aromatic heterocycles. The fraction of sp³-hybridized carbons (Fsp3) is 0.192. The molecule has 0 spiro atoms. The molecular formula is C26H28O3Si. The van der Waals surface area contributed by atoms with Crippen LogP contribution < -0.4 is 14.8 Å². The topological polar surface area (TPSA) is 35.5 Å². The molecule has 0 bridgehead atoms. The van der Waals surface area contributed by atoms with Crippen LogP contribution in [-0.4, -0.2) is 21.4 Å². The normalized spacial score (nSPS) is 12.0. The lowest BCUT2D eigenvalue weighted by Gasteiger charge is -2.43. The molecular weight excluding hydrogens is 388 g/mol. The van der Waals surface area contributed by atoms with E-state index < -0.39 is 8.32 Å². The third kappa shape index (κ3) is 4.55. The highest BCUT2D eigenvalue weighted by Gasteiger charge is 2.52. The Bertz CT molecular complexity index is 948. The fourth-order valence-corrected chi connectivity index (χ4v) is 8.13. The van der Waals surface area contributed by atoms with E-state index in [4.69, 9.17) is 4.43 Å². The Labute approximate surface area is 180 Å². The van der Waals surface area contributed by atoms with E-state index >= 15 is 0 Å². The van der Waals surface area contributed by atoms with Crippen LogP contribution >= 0.6 is 0 Å². The highest BCUT2D eigenvalue weighted by molar-refractivity contribution is 7.00. The van der Waals surface area contributed by atoms with E-state index in [1.165, 1.54) is 23.6 Å². The van der Waals surface area contributed by atoms with E-state index in [1.807, 2.05) is 36.4 Å². The summed E-state index contributed by atoms with van der Waals surface area (Å²) in [6, 6.07) is 29.0. The lowest BCUT2D eigenvalue weighted by atomic mass is 10.2.